The monoisotopic (exact) mass is 490 g/mol. The summed E-state index contributed by atoms with van der Waals surface area (Å²) in [6.45, 7) is 1.98. The van der Waals surface area contributed by atoms with Crippen LogP contribution in [0.1, 0.15) is 19.8 Å². The Kier molecular flexibility index (Phi) is 6.99. The van der Waals surface area contributed by atoms with Crippen LogP contribution in [0.2, 0.25) is 0 Å². The predicted molar refractivity (Wildman–Crippen MR) is 137 cm³/mol. The molecule has 9 heteroatoms. The van der Waals surface area contributed by atoms with E-state index in [1.165, 1.54) is 6.07 Å². The van der Waals surface area contributed by atoms with Gasteiger partial charge in [0.1, 0.15) is 11.6 Å². The van der Waals surface area contributed by atoms with Crippen LogP contribution in [0.25, 0.3) is 21.9 Å². The Bertz CT molecular complexity index is 1470. The number of benzene rings is 3. The second kappa shape index (κ2) is 10.1. The lowest BCUT2D eigenvalue weighted by Crippen LogP contribution is -2.33. The quantitative estimate of drug-likeness (QED) is 0.336. The Morgan fingerprint density at radius 1 is 1.00 bits per heavy atom. The second-order valence-electron chi connectivity index (χ2n) is 8.05. The summed E-state index contributed by atoms with van der Waals surface area (Å²) in [5, 5.41) is 9.78. The first-order chi connectivity index (χ1) is 16.8. The number of amides is 1. The van der Waals surface area contributed by atoms with E-state index in [0.29, 0.717) is 34.8 Å². The standard InChI is InChI=1S/C26H26N4O4S/c1-2-6-23(34-22-9-5-8-21-20(22)15-16-29-25(21)27)26(31)30-18-13-11-17(12-14-18)19-7-3-4-10-24(19)35(28,32)33/h3-5,7-16,23H,2,6H2,1H3,(H2,27,29)(H,30,31)(H2,28,32,33). The zero-order chi connectivity index (χ0) is 25.0. The van der Waals surface area contributed by atoms with Crippen LogP contribution in [-0.4, -0.2) is 25.4 Å². The number of nitrogen functional groups attached to an aromatic ring is 1. The molecule has 0 radical (unpaired) electrons. The van der Waals surface area contributed by atoms with Gasteiger partial charge in [-0.2, -0.15) is 0 Å². The van der Waals surface area contributed by atoms with Crippen LogP contribution >= 0.6 is 0 Å². The first kappa shape index (κ1) is 24.2. The number of pyridine rings is 1. The van der Waals surface area contributed by atoms with Crippen molar-refractivity contribution in [1.29, 1.82) is 0 Å². The molecule has 3 aromatic carbocycles. The summed E-state index contributed by atoms with van der Waals surface area (Å²) in [7, 11) is -3.87. The highest BCUT2D eigenvalue weighted by molar-refractivity contribution is 7.89. The van der Waals surface area contributed by atoms with Gasteiger partial charge in [-0.15, -0.1) is 0 Å². The van der Waals surface area contributed by atoms with Crippen molar-refractivity contribution >= 4 is 38.2 Å². The minimum atomic E-state index is -3.87. The number of sulfonamides is 1. The summed E-state index contributed by atoms with van der Waals surface area (Å²) in [6, 6.07) is 20.7. The number of carbonyl (C=O) groups excluding carboxylic acids is 1. The van der Waals surface area contributed by atoms with Crippen molar-refractivity contribution in [2.24, 2.45) is 5.14 Å². The molecule has 1 atom stereocenters. The van der Waals surface area contributed by atoms with Crippen LogP contribution in [0, 0.1) is 0 Å². The number of nitrogens with zero attached hydrogens (tertiary/aromatic N) is 1. The van der Waals surface area contributed by atoms with Crippen molar-refractivity contribution in [2.45, 2.75) is 30.8 Å². The SMILES string of the molecule is CCCC(Oc1cccc2c(N)nccc12)C(=O)Nc1ccc(-c2ccccc2S(N)(=O)=O)cc1. The van der Waals surface area contributed by atoms with E-state index in [1.807, 2.05) is 19.1 Å². The lowest BCUT2D eigenvalue weighted by Gasteiger charge is -2.20. The fraction of sp³-hybridized carbons (Fsp3) is 0.154. The molecule has 1 amide bonds. The number of hydrogen-bond donors (Lipinski definition) is 3. The Labute approximate surface area is 204 Å². The van der Waals surface area contributed by atoms with Gasteiger partial charge in [0.05, 0.1) is 4.90 Å². The maximum absolute atomic E-state index is 13.1. The average molecular weight is 491 g/mol. The Hall–Kier alpha value is -3.95. The number of ether oxygens (including phenoxy) is 1. The van der Waals surface area contributed by atoms with Crippen molar-refractivity contribution in [3.63, 3.8) is 0 Å². The van der Waals surface area contributed by atoms with Gasteiger partial charge in [0.2, 0.25) is 10.0 Å². The minimum absolute atomic E-state index is 0.0409. The van der Waals surface area contributed by atoms with Crippen molar-refractivity contribution in [3.05, 3.63) is 79.0 Å². The maximum Gasteiger partial charge on any atom is 0.265 e. The molecule has 5 N–H and O–H groups in total. The van der Waals surface area contributed by atoms with Gasteiger partial charge < -0.3 is 15.8 Å². The van der Waals surface area contributed by atoms with Crippen molar-refractivity contribution in [3.8, 4) is 16.9 Å². The number of fused-ring (bicyclic) bond motifs is 1. The van der Waals surface area contributed by atoms with E-state index >= 15 is 0 Å². The zero-order valence-electron chi connectivity index (χ0n) is 19.1. The van der Waals surface area contributed by atoms with Gasteiger partial charge in [-0.1, -0.05) is 55.8 Å². The third-order valence-electron chi connectivity index (χ3n) is 5.57. The summed E-state index contributed by atoms with van der Waals surface area (Å²) in [4.78, 5) is 17.2. The van der Waals surface area contributed by atoms with Gasteiger partial charge in [-0.25, -0.2) is 18.5 Å². The van der Waals surface area contributed by atoms with Crippen molar-refractivity contribution < 1.29 is 17.9 Å². The molecule has 8 nitrogen and oxygen atoms in total. The van der Waals surface area contributed by atoms with Gasteiger partial charge in [0, 0.05) is 28.2 Å². The highest BCUT2D eigenvalue weighted by Gasteiger charge is 2.21. The molecule has 0 saturated carbocycles. The van der Waals surface area contributed by atoms with E-state index in [2.05, 4.69) is 10.3 Å². The largest absolute Gasteiger partial charge is 0.480 e. The Balaban J connectivity index is 1.54. The number of nitrogens with one attached hydrogen (secondary N) is 1. The molecule has 0 aliphatic heterocycles. The molecule has 1 heterocycles. The van der Waals surface area contributed by atoms with Crippen molar-refractivity contribution in [1.82, 2.24) is 4.98 Å². The maximum atomic E-state index is 13.1. The minimum Gasteiger partial charge on any atom is -0.480 e. The number of anilines is 2. The molecule has 0 fully saturated rings. The third kappa shape index (κ3) is 5.42. The molecule has 0 bridgehead atoms. The summed E-state index contributed by atoms with van der Waals surface area (Å²) in [6.07, 6.45) is 2.15. The molecule has 4 aromatic rings. The second-order valence-corrected chi connectivity index (χ2v) is 9.58. The normalized spacial score (nSPS) is 12.3. The number of aromatic nitrogens is 1. The molecule has 180 valence electrons. The van der Waals surface area contributed by atoms with E-state index < -0.39 is 16.1 Å². The predicted octanol–water partition coefficient (Wildman–Crippen LogP) is 4.32. The van der Waals surface area contributed by atoms with Gasteiger partial charge in [0.15, 0.2) is 6.10 Å². The molecule has 1 unspecified atom stereocenters. The first-order valence-electron chi connectivity index (χ1n) is 11.1. The molecule has 1 aromatic heterocycles. The summed E-state index contributed by atoms with van der Waals surface area (Å²) < 4.78 is 30.0. The Morgan fingerprint density at radius 2 is 1.74 bits per heavy atom. The fourth-order valence-corrected chi connectivity index (χ4v) is 4.63. The molecule has 0 saturated heterocycles. The average Bonchev–Trinajstić information content (AvgIpc) is 2.84. The number of hydrogen-bond acceptors (Lipinski definition) is 6. The zero-order valence-corrected chi connectivity index (χ0v) is 20.0. The molecule has 35 heavy (non-hydrogen) atoms. The molecule has 0 aliphatic rings. The van der Waals surface area contributed by atoms with Crippen LogP contribution in [0.15, 0.2) is 83.9 Å². The van der Waals surface area contributed by atoms with Gasteiger partial charge in [-0.05, 0) is 42.3 Å². The molecule has 0 spiro atoms. The lowest BCUT2D eigenvalue weighted by molar-refractivity contribution is -0.123. The summed E-state index contributed by atoms with van der Waals surface area (Å²) in [5.74, 6) is 0.664. The molecule has 4 rings (SSSR count). The van der Waals surface area contributed by atoms with Crippen molar-refractivity contribution in [2.75, 3.05) is 11.1 Å². The summed E-state index contributed by atoms with van der Waals surface area (Å²) in [5.41, 5.74) is 7.69. The number of carbonyl (C=O) groups is 1. The van der Waals surface area contributed by atoms with E-state index in [-0.39, 0.29) is 10.8 Å². The van der Waals surface area contributed by atoms with E-state index in [1.54, 1.807) is 60.8 Å². The van der Waals surface area contributed by atoms with Crippen LogP contribution in [-0.2, 0) is 14.8 Å². The number of rotatable bonds is 8. The van der Waals surface area contributed by atoms with E-state index in [9.17, 15) is 13.2 Å². The fourth-order valence-electron chi connectivity index (χ4n) is 3.87. The summed E-state index contributed by atoms with van der Waals surface area (Å²) >= 11 is 0. The number of nitrogens with two attached hydrogens (primary N) is 2. The number of primary sulfonamides is 1. The van der Waals surface area contributed by atoms with E-state index in [0.717, 1.165) is 17.2 Å². The molecular formula is C26H26N4O4S. The smallest absolute Gasteiger partial charge is 0.265 e. The Morgan fingerprint density at radius 3 is 2.46 bits per heavy atom. The third-order valence-corrected chi connectivity index (χ3v) is 6.54. The van der Waals surface area contributed by atoms with Crippen LogP contribution in [0.3, 0.4) is 0 Å². The van der Waals surface area contributed by atoms with Gasteiger partial charge in [-0.3, -0.25) is 4.79 Å². The lowest BCUT2D eigenvalue weighted by atomic mass is 10.1. The topological polar surface area (TPSA) is 137 Å². The van der Waals surface area contributed by atoms with Gasteiger partial charge in [0.25, 0.3) is 5.91 Å². The molecular weight excluding hydrogens is 464 g/mol. The van der Waals surface area contributed by atoms with Crippen LogP contribution < -0.4 is 20.9 Å². The van der Waals surface area contributed by atoms with Gasteiger partial charge >= 0.3 is 0 Å². The first-order valence-corrected chi connectivity index (χ1v) is 12.7. The highest BCUT2D eigenvalue weighted by atomic mass is 32.2. The van der Waals surface area contributed by atoms with Crippen LogP contribution in [0.5, 0.6) is 5.75 Å². The van der Waals surface area contributed by atoms with Crippen LogP contribution in [0.4, 0.5) is 11.5 Å². The highest BCUT2D eigenvalue weighted by Crippen LogP contribution is 2.30. The molecule has 0 aliphatic carbocycles. The van der Waals surface area contributed by atoms with E-state index in [4.69, 9.17) is 15.6 Å².